The number of aliphatic hydroxyl groups excluding tert-OH is 2. The summed E-state index contributed by atoms with van der Waals surface area (Å²) >= 11 is 0. The molecule has 26 N–H and O–H groups in total. The van der Waals surface area contributed by atoms with Gasteiger partial charge in [0.05, 0.1) is 52.0 Å². The highest BCUT2D eigenvalue weighted by molar-refractivity contribution is 6.00. The van der Waals surface area contributed by atoms with Crippen LogP contribution in [0.25, 0.3) is 0 Å². The van der Waals surface area contributed by atoms with Gasteiger partial charge in [-0.3, -0.25) is 86.5 Å². The van der Waals surface area contributed by atoms with Gasteiger partial charge in [-0.15, -0.1) is 0 Å². The van der Waals surface area contributed by atoms with Crippen molar-refractivity contribution in [3.63, 3.8) is 0 Å². The van der Waals surface area contributed by atoms with Crippen LogP contribution in [-0.2, 0) is 86.3 Å². The van der Waals surface area contributed by atoms with Gasteiger partial charge in [-0.2, -0.15) is 0 Å². The van der Waals surface area contributed by atoms with Crippen molar-refractivity contribution in [2.75, 3.05) is 59.0 Å². The van der Waals surface area contributed by atoms with Gasteiger partial charge in [0.2, 0.25) is 94.5 Å². The van der Waals surface area contributed by atoms with E-state index >= 15 is 0 Å². The summed E-state index contributed by atoms with van der Waals surface area (Å²) < 4.78 is 0. The molecule has 1 aliphatic rings. The number of amides is 16. The third kappa shape index (κ3) is 37.4. The fraction of sp³-hybridized carbons (Fsp3) is 0.708. The summed E-state index contributed by atoms with van der Waals surface area (Å²) in [5, 5.41) is 71.9. The van der Waals surface area contributed by atoms with E-state index in [1.807, 2.05) is 13.8 Å². The largest absolute Gasteiger partial charge is 0.481 e. The molecule has 42 nitrogen and oxygen atoms in total. The average molecular weight is 1530 g/mol. The molecule has 16 amide bonds. The number of aliphatic hydroxyl groups is 2. The summed E-state index contributed by atoms with van der Waals surface area (Å²) in [6, 6.07) is -15.3. The van der Waals surface area contributed by atoms with E-state index < -0.39 is 250 Å². The Balaban J connectivity index is 2.98. The number of nitrogens with two attached hydrogens (primary N) is 4. The van der Waals surface area contributed by atoms with Crippen LogP contribution < -0.4 is 97.4 Å². The molecule has 0 saturated carbocycles. The average Bonchev–Trinajstić information content (AvgIpc) is 1.77. The number of guanidine groups is 1. The molecular weight excluding hydrogens is 1410 g/mol. The number of rotatable bonds is 50. The molecule has 1 heterocycles. The number of nitrogens with zero attached hydrogens (tertiary/aromatic N) is 2. The molecule has 42 heteroatoms. The van der Waals surface area contributed by atoms with E-state index in [9.17, 15) is 107 Å². The third-order valence-electron chi connectivity index (χ3n) is 16.1. The van der Waals surface area contributed by atoms with Crippen molar-refractivity contribution in [3.8, 4) is 0 Å². The smallest absolute Gasteiger partial charge is 0.326 e. The molecule has 1 saturated heterocycles. The Morgan fingerprint density at radius 3 is 1.31 bits per heavy atom. The maximum atomic E-state index is 14.3. The lowest BCUT2D eigenvalue weighted by molar-refractivity contribution is -0.142. The van der Waals surface area contributed by atoms with Gasteiger partial charge >= 0.3 is 11.9 Å². The second-order valence-corrected chi connectivity index (χ2v) is 27.5. The number of nitrogens with one attached hydrogen (secondary N) is 14. The molecule has 604 valence electrons. The first kappa shape index (κ1) is 94.6. The van der Waals surface area contributed by atoms with Crippen molar-refractivity contribution in [2.45, 2.75) is 206 Å². The van der Waals surface area contributed by atoms with Crippen LogP contribution in [0.1, 0.15) is 140 Å². The molecule has 0 aromatic heterocycles. The summed E-state index contributed by atoms with van der Waals surface area (Å²) in [6.45, 7) is 11.1. The van der Waals surface area contributed by atoms with Crippen molar-refractivity contribution in [3.05, 3.63) is 0 Å². The van der Waals surface area contributed by atoms with E-state index in [1.165, 1.54) is 0 Å². The summed E-state index contributed by atoms with van der Waals surface area (Å²) in [5.74, 6) is -19.2. The van der Waals surface area contributed by atoms with Crippen molar-refractivity contribution < 1.29 is 107 Å². The van der Waals surface area contributed by atoms with Gasteiger partial charge in [0.15, 0.2) is 5.96 Å². The van der Waals surface area contributed by atoms with Gasteiger partial charge in [0.25, 0.3) is 0 Å². The van der Waals surface area contributed by atoms with Gasteiger partial charge in [0.1, 0.15) is 60.4 Å². The van der Waals surface area contributed by atoms with Crippen LogP contribution in [0.3, 0.4) is 0 Å². The minimum atomic E-state index is -1.75. The predicted molar refractivity (Wildman–Crippen MR) is 380 cm³/mol. The van der Waals surface area contributed by atoms with Crippen LogP contribution in [0, 0.1) is 29.6 Å². The first-order valence-corrected chi connectivity index (χ1v) is 35.1. The van der Waals surface area contributed by atoms with E-state index in [0.717, 1.165) is 4.90 Å². The molecule has 0 aromatic rings. The molecule has 0 bridgehead atoms. The Morgan fingerprint density at radius 2 is 0.832 bits per heavy atom. The van der Waals surface area contributed by atoms with Crippen LogP contribution in [0.2, 0.25) is 0 Å². The summed E-state index contributed by atoms with van der Waals surface area (Å²) in [6.07, 6.45) is -1.14. The summed E-state index contributed by atoms with van der Waals surface area (Å²) in [4.78, 5) is 240. The number of likely N-dealkylation sites (tertiary alicyclic amines) is 1. The maximum Gasteiger partial charge on any atom is 0.326 e. The molecule has 1 aliphatic heterocycles. The Bertz CT molecular complexity index is 3130. The zero-order valence-corrected chi connectivity index (χ0v) is 62.2. The molecule has 0 aliphatic carbocycles. The number of aliphatic imine (C=N–C) groups is 1. The first-order chi connectivity index (χ1) is 50.0. The lowest BCUT2D eigenvalue weighted by atomic mass is 9.99. The molecule has 107 heavy (non-hydrogen) atoms. The van der Waals surface area contributed by atoms with E-state index in [-0.39, 0.29) is 81.7 Å². The van der Waals surface area contributed by atoms with Crippen molar-refractivity contribution in [1.29, 1.82) is 0 Å². The topological polar surface area (TPSA) is 676 Å². The van der Waals surface area contributed by atoms with Gasteiger partial charge in [0, 0.05) is 25.9 Å². The Labute approximate surface area is 619 Å². The number of carboxylic acids is 2. The standard InChI is InChI=1S/C65H112N20O22/c1-31(2)21-36(66)54(96)83-52(34(7)8)61(103)78-37(16-18-51(94)95)56(98)82-42(29-86)55(97)74-25-47(90)71-24-46(89)72-27-49(92)76-40(22-32(3)4)58(100)84-53(35(9)10)62(104)79-38(15-17-45(67)88)63(105)85-20-12-14-44(85)60(102)75-26-48(91)73-28-50(93)77-43(30-87)59(101)81-41(23-33(5)6)57(99)80-39(64(106)107)13-11-19-70-65(68)69/h31-44,52-53,86-87H,11-30,66H2,1-10H3,(H2,67,88)(H,71,90)(H,72,89)(H,73,91)(H,74,97)(H,75,102)(H,76,92)(H,77,93)(H,78,103)(H,79,104)(H,80,99)(H,81,101)(H,82,98)(H,83,96)(H,84,100)(H,94,95)(H,106,107)(H4,68,69,70)/t36-,37-,38-,39-,40-,41-,42-,43-,44-,52-,53-/m0/s1. The van der Waals surface area contributed by atoms with Crippen molar-refractivity contribution >= 4 is 112 Å². The second-order valence-electron chi connectivity index (χ2n) is 27.5. The third-order valence-corrected chi connectivity index (χ3v) is 16.1. The number of hydrogen-bond donors (Lipinski definition) is 22. The zero-order chi connectivity index (χ0) is 81.5. The number of aliphatic carboxylic acids is 2. The second kappa shape index (κ2) is 48.7. The number of hydrogen-bond acceptors (Lipinski definition) is 22. The van der Waals surface area contributed by atoms with Crippen molar-refractivity contribution in [2.24, 2.45) is 57.5 Å². The zero-order valence-electron chi connectivity index (χ0n) is 62.2. The molecule has 0 spiro atoms. The van der Waals surface area contributed by atoms with E-state index in [4.69, 9.17) is 22.9 Å². The van der Waals surface area contributed by atoms with Crippen LogP contribution in [0.15, 0.2) is 4.99 Å². The summed E-state index contributed by atoms with van der Waals surface area (Å²) in [7, 11) is 0. The van der Waals surface area contributed by atoms with E-state index in [1.54, 1.807) is 55.4 Å². The molecule has 11 atom stereocenters. The molecule has 1 rings (SSSR count). The highest BCUT2D eigenvalue weighted by Gasteiger charge is 2.40. The molecule has 0 unspecified atom stereocenters. The number of primary amides is 1. The minimum Gasteiger partial charge on any atom is -0.481 e. The minimum absolute atomic E-state index is 0.00625. The SMILES string of the molecule is CC(C)C[C@H](NC(=O)CNC(=O)CNC(=O)CNC(=O)[C@H](CO)NC(=O)[C@H](CCC(=O)O)NC(=O)[C@@H](NC(=O)[C@@H](N)CC(C)C)C(C)C)C(=O)N[C@H](C(=O)N[C@@H](CCC(N)=O)C(=O)N1CCC[C@H]1C(=O)NCC(=O)NCC(=O)N[C@@H](CO)C(=O)N[C@@H](CC(C)C)C(=O)N[C@@H](CCCN=C(N)N)C(=O)O)C(C)C. The highest BCUT2D eigenvalue weighted by atomic mass is 16.4. The Morgan fingerprint density at radius 1 is 0.430 bits per heavy atom. The lowest BCUT2D eigenvalue weighted by Gasteiger charge is -2.31. The van der Waals surface area contributed by atoms with Gasteiger partial charge < -0.3 is 123 Å². The number of carboxylic acid groups (broad SMARTS) is 2. The fourth-order valence-electron chi connectivity index (χ4n) is 10.5. The van der Waals surface area contributed by atoms with Crippen molar-refractivity contribution in [1.82, 2.24) is 79.3 Å². The molecule has 0 aromatic carbocycles. The molecule has 0 radical (unpaired) electrons. The van der Waals surface area contributed by atoms with Crippen LogP contribution >= 0.6 is 0 Å². The van der Waals surface area contributed by atoms with Crippen LogP contribution in [0.5, 0.6) is 0 Å². The Kier molecular flexibility index (Phi) is 43.0. The molecular formula is C65H112N20O22. The van der Waals surface area contributed by atoms with E-state index in [2.05, 4.69) is 79.4 Å². The number of carbonyl (C=O) groups is 18. The van der Waals surface area contributed by atoms with E-state index in [0.29, 0.717) is 6.42 Å². The normalized spacial score (nSPS) is 15.3. The van der Waals surface area contributed by atoms with Crippen LogP contribution in [0.4, 0.5) is 0 Å². The van der Waals surface area contributed by atoms with Crippen LogP contribution in [-0.4, -0.2) is 263 Å². The highest BCUT2D eigenvalue weighted by Crippen LogP contribution is 2.21. The molecule has 1 fully saturated rings. The van der Waals surface area contributed by atoms with Gasteiger partial charge in [-0.05, 0) is 87.4 Å². The fourth-order valence-corrected chi connectivity index (χ4v) is 10.5. The predicted octanol–water partition coefficient (Wildman–Crippen LogP) is -9.05. The Hall–Kier alpha value is -10.4. The lowest BCUT2D eigenvalue weighted by Crippen LogP contribution is -2.60. The van der Waals surface area contributed by atoms with Gasteiger partial charge in [-0.25, -0.2) is 4.79 Å². The van der Waals surface area contributed by atoms with Gasteiger partial charge in [-0.1, -0.05) is 69.2 Å². The quantitative estimate of drug-likeness (QED) is 0.0153. The number of carbonyl (C=O) groups excluding carboxylic acids is 16. The summed E-state index contributed by atoms with van der Waals surface area (Å²) in [5.41, 5.74) is 22.0. The first-order valence-electron chi connectivity index (χ1n) is 35.1. The monoisotopic (exact) mass is 1520 g/mol. The maximum absolute atomic E-state index is 14.3.